The van der Waals surface area contributed by atoms with Crippen molar-refractivity contribution >= 4 is 24.8 Å². The van der Waals surface area contributed by atoms with Gasteiger partial charge in [0.1, 0.15) is 11.8 Å². The molecule has 0 aliphatic heterocycles. The van der Waals surface area contributed by atoms with E-state index in [2.05, 4.69) is 0 Å². The van der Waals surface area contributed by atoms with Crippen molar-refractivity contribution in [2.24, 2.45) is 5.73 Å². The standard InChI is InChI=1S/C9H11NO3.Li.H/c10-8(9(12)13)5-6-1-3-7(11)4-2-6;;/h1-4,8,11H,5,10H2,(H,12,13);;/t8-;;/m0../s1. The van der Waals surface area contributed by atoms with Gasteiger partial charge in [0.2, 0.25) is 0 Å². The number of carbonyl (C=O) groups is 1. The molecule has 0 amide bonds. The van der Waals surface area contributed by atoms with Crippen molar-refractivity contribution in [3.8, 4) is 5.75 Å². The number of nitrogens with two attached hydrogens (primary N) is 1. The molecule has 72 valence electrons. The first-order chi connectivity index (χ1) is 6.09. The minimum atomic E-state index is -1.02. The summed E-state index contributed by atoms with van der Waals surface area (Å²) >= 11 is 0. The molecule has 0 radical (unpaired) electrons. The molecule has 1 aromatic carbocycles. The Bertz CT molecular complexity index is 299. The van der Waals surface area contributed by atoms with Crippen LogP contribution in [0.15, 0.2) is 24.3 Å². The molecule has 1 atom stereocenters. The molecule has 0 saturated carbocycles. The fourth-order valence-corrected chi connectivity index (χ4v) is 0.973. The van der Waals surface area contributed by atoms with Gasteiger partial charge in [-0.1, -0.05) is 12.1 Å². The molecule has 0 spiro atoms. The Morgan fingerprint density at radius 3 is 2.29 bits per heavy atom. The van der Waals surface area contributed by atoms with Crippen molar-refractivity contribution in [1.82, 2.24) is 0 Å². The molecule has 14 heavy (non-hydrogen) atoms. The second-order valence-electron chi connectivity index (χ2n) is 2.82. The van der Waals surface area contributed by atoms with E-state index < -0.39 is 12.0 Å². The summed E-state index contributed by atoms with van der Waals surface area (Å²) in [5, 5.41) is 17.5. The van der Waals surface area contributed by atoms with E-state index in [-0.39, 0.29) is 31.0 Å². The van der Waals surface area contributed by atoms with Crippen molar-refractivity contribution in [2.75, 3.05) is 0 Å². The summed E-state index contributed by atoms with van der Waals surface area (Å²) in [6, 6.07) is 5.42. The number of hydrogen-bond donors (Lipinski definition) is 3. The van der Waals surface area contributed by atoms with Crippen LogP contribution in [0.25, 0.3) is 0 Å². The molecule has 4 nitrogen and oxygen atoms in total. The van der Waals surface area contributed by atoms with Gasteiger partial charge in [0.25, 0.3) is 0 Å². The second kappa shape index (κ2) is 5.71. The summed E-state index contributed by atoms with van der Waals surface area (Å²) in [5.41, 5.74) is 6.12. The molecule has 0 saturated heterocycles. The monoisotopic (exact) mass is 189 g/mol. The topological polar surface area (TPSA) is 83.5 Å². The van der Waals surface area contributed by atoms with Gasteiger partial charge in [-0.15, -0.1) is 0 Å². The number of carboxylic acids is 1. The van der Waals surface area contributed by atoms with Crippen LogP contribution in [-0.4, -0.2) is 41.1 Å². The predicted octanol–water partition coefficient (Wildman–Crippen LogP) is -0.302. The van der Waals surface area contributed by atoms with Crippen LogP contribution >= 0.6 is 0 Å². The van der Waals surface area contributed by atoms with Crippen molar-refractivity contribution in [2.45, 2.75) is 12.5 Å². The molecule has 0 aliphatic carbocycles. The summed E-state index contributed by atoms with van der Waals surface area (Å²) in [6.45, 7) is 0. The van der Waals surface area contributed by atoms with E-state index in [1.165, 1.54) is 12.1 Å². The van der Waals surface area contributed by atoms with Crippen LogP contribution in [0.2, 0.25) is 0 Å². The van der Waals surface area contributed by atoms with Crippen LogP contribution in [0, 0.1) is 0 Å². The molecule has 0 aromatic heterocycles. The van der Waals surface area contributed by atoms with Crippen LogP contribution in [0.4, 0.5) is 0 Å². The predicted molar refractivity (Wildman–Crippen MR) is 54.6 cm³/mol. The number of rotatable bonds is 3. The van der Waals surface area contributed by atoms with Gasteiger partial charge in [0, 0.05) is 0 Å². The van der Waals surface area contributed by atoms with Crippen molar-refractivity contribution in [3.63, 3.8) is 0 Å². The number of aliphatic carboxylic acids is 1. The molecule has 0 heterocycles. The normalized spacial score (nSPS) is 11.5. The summed E-state index contributed by atoms with van der Waals surface area (Å²) in [7, 11) is 0. The van der Waals surface area contributed by atoms with Crippen LogP contribution in [0.1, 0.15) is 5.56 Å². The quantitative estimate of drug-likeness (QED) is 0.570. The molecule has 5 heteroatoms. The Morgan fingerprint density at radius 2 is 1.86 bits per heavy atom. The number of hydrogen-bond acceptors (Lipinski definition) is 3. The van der Waals surface area contributed by atoms with Crippen LogP contribution < -0.4 is 5.73 Å². The van der Waals surface area contributed by atoms with Gasteiger partial charge in [0.15, 0.2) is 0 Å². The van der Waals surface area contributed by atoms with Gasteiger partial charge in [-0.2, -0.15) is 0 Å². The van der Waals surface area contributed by atoms with Gasteiger partial charge in [0.05, 0.1) is 0 Å². The van der Waals surface area contributed by atoms with E-state index >= 15 is 0 Å². The zero-order chi connectivity index (χ0) is 9.84. The molecule has 0 unspecified atom stereocenters. The number of benzene rings is 1. The first kappa shape index (κ1) is 13.0. The number of aromatic hydroxyl groups is 1. The molecule has 1 aromatic rings. The first-order valence-electron chi connectivity index (χ1n) is 3.86. The zero-order valence-electron chi connectivity index (χ0n) is 6.97. The summed E-state index contributed by atoms with van der Waals surface area (Å²) < 4.78 is 0. The van der Waals surface area contributed by atoms with E-state index in [9.17, 15) is 4.79 Å². The average molecular weight is 189 g/mol. The maximum absolute atomic E-state index is 10.4. The van der Waals surface area contributed by atoms with Gasteiger partial charge >= 0.3 is 24.8 Å². The summed E-state index contributed by atoms with van der Waals surface area (Å²) in [4.78, 5) is 10.4. The third kappa shape index (κ3) is 3.84. The third-order valence-corrected chi connectivity index (χ3v) is 1.71. The van der Waals surface area contributed by atoms with E-state index in [1.807, 2.05) is 0 Å². The fourth-order valence-electron chi connectivity index (χ4n) is 0.973. The average Bonchev–Trinajstić information content (AvgIpc) is 2.08. The second-order valence-corrected chi connectivity index (χ2v) is 2.82. The van der Waals surface area contributed by atoms with E-state index in [1.54, 1.807) is 12.1 Å². The Hall–Kier alpha value is -0.953. The fraction of sp³-hybridized carbons (Fsp3) is 0.222. The Balaban J connectivity index is 0.00000169. The number of phenols is 1. The molecule has 1 rings (SSSR count). The third-order valence-electron chi connectivity index (χ3n) is 1.71. The number of phenolic OH excluding ortho intramolecular Hbond substituents is 1. The van der Waals surface area contributed by atoms with Crippen molar-refractivity contribution in [1.29, 1.82) is 0 Å². The van der Waals surface area contributed by atoms with Gasteiger partial charge in [-0.05, 0) is 24.1 Å². The van der Waals surface area contributed by atoms with Crippen molar-refractivity contribution in [3.05, 3.63) is 29.8 Å². The summed E-state index contributed by atoms with van der Waals surface area (Å²) in [6.07, 6.45) is 0.273. The molecular weight excluding hydrogens is 177 g/mol. The SMILES string of the molecule is N[C@@H](Cc1ccc(O)cc1)C(=O)O.[LiH]. The number of carboxylic acid groups (broad SMARTS) is 1. The first-order valence-corrected chi connectivity index (χ1v) is 3.86. The minimum absolute atomic E-state index is 0. The van der Waals surface area contributed by atoms with Crippen molar-refractivity contribution < 1.29 is 15.0 Å². The van der Waals surface area contributed by atoms with Gasteiger partial charge in [-0.25, -0.2) is 0 Å². The molecule has 4 N–H and O–H groups in total. The van der Waals surface area contributed by atoms with E-state index in [4.69, 9.17) is 15.9 Å². The Kier molecular flexibility index (Phi) is 5.32. The zero-order valence-corrected chi connectivity index (χ0v) is 6.97. The van der Waals surface area contributed by atoms with Crippen LogP contribution in [-0.2, 0) is 11.2 Å². The van der Waals surface area contributed by atoms with Gasteiger partial charge < -0.3 is 15.9 Å². The summed E-state index contributed by atoms with van der Waals surface area (Å²) in [5.74, 6) is -0.860. The molecular formula is C9H12LiNO3. The van der Waals surface area contributed by atoms with E-state index in [0.717, 1.165) is 5.56 Å². The van der Waals surface area contributed by atoms with Gasteiger partial charge in [-0.3, -0.25) is 4.79 Å². The van der Waals surface area contributed by atoms with Crippen LogP contribution in [0.5, 0.6) is 5.75 Å². The molecule has 0 aliphatic rings. The van der Waals surface area contributed by atoms with E-state index in [0.29, 0.717) is 0 Å². The maximum atomic E-state index is 10.4. The molecule has 0 fully saturated rings. The Morgan fingerprint density at radius 1 is 1.36 bits per heavy atom. The Labute approximate surface area is 93.9 Å². The molecule has 0 bridgehead atoms. The van der Waals surface area contributed by atoms with Crippen LogP contribution in [0.3, 0.4) is 0 Å².